The minimum absolute atomic E-state index is 0.135. The summed E-state index contributed by atoms with van der Waals surface area (Å²) < 4.78 is 28.1. The predicted molar refractivity (Wildman–Crippen MR) is 86.4 cm³/mol. The van der Waals surface area contributed by atoms with Gasteiger partial charge in [-0.05, 0) is 59.1 Å². The van der Waals surface area contributed by atoms with Gasteiger partial charge in [0.2, 0.25) is 10.0 Å². The van der Waals surface area contributed by atoms with Crippen molar-refractivity contribution in [3.05, 3.63) is 44.1 Å². The fourth-order valence-electron chi connectivity index (χ4n) is 1.74. The lowest BCUT2D eigenvalue weighted by atomic mass is 10.1. The first kappa shape index (κ1) is 15.5. The van der Waals surface area contributed by atoms with Gasteiger partial charge in [0, 0.05) is 21.3 Å². The molecule has 20 heavy (non-hydrogen) atoms. The number of benzene rings is 1. The zero-order valence-corrected chi connectivity index (χ0v) is 14.3. The van der Waals surface area contributed by atoms with Gasteiger partial charge in [0.05, 0.1) is 5.69 Å². The van der Waals surface area contributed by atoms with Crippen LogP contribution in [-0.2, 0) is 16.6 Å². The summed E-state index contributed by atoms with van der Waals surface area (Å²) in [6, 6.07) is 5.18. The molecule has 0 unspecified atom stereocenters. The summed E-state index contributed by atoms with van der Waals surface area (Å²) in [7, 11) is -3.60. The SMILES string of the molecule is Cc1cc(N)c(S(=O)(=O)NCc2cc(Br)cs2)cc1C. The highest BCUT2D eigenvalue weighted by Gasteiger charge is 2.18. The van der Waals surface area contributed by atoms with Crippen LogP contribution < -0.4 is 10.5 Å². The van der Waals surface area contributed by atoms with Gasteiger partial charge >= 0.3 is 0 Å². The smallest absolute Gasteiger partial charge is 0.242 e. The van der Waals surface area contributed by atoms with Crippen LogP contribution in [0.25, 0.3) is 0 Å². The van der Waals surface area contributed by atoms with Gasteiger partial charge in [0.15, 0.2) is 0 Å². The normalized spacial score (nSPS) is 11.8. The van der Waals surface area contributed by atoms with Crippen molar-refractivity contribution in [3.8, 4) is 0 Å². The highest BCUT2D eigenvalue weighted by Crippen LogP contribution is 2.24. The van der Waals surface area contributed by atoms with Crippen molar-refractivity contribution in [1.29, 1.82) is 0 Å². The van der Waals surface area contributed by atoms with Gasteiger partial charge in [0.25, 0.3) is 0 Å². The van der Waals surface area contributed by atoms with E-state index < -0.39 is 10.0 Å². The van der Waals surface area contributed by atoms with E-state index in [0.717, 1.165) is 20.5 Å². The fourth-order valence-corrected chi connectivity index (χ4v) is 4.42. The number of sulfonamides is 1. The van der Waals surface area contributed by atoms with Gasteiger partial charge < -0.3 is 5.73 Å². The molecule has 7 heteroatoms. The number of nitrogen functional groups attached to an aromatic ring is 1. The second-order valence-corrected chi connectivity index (χ2v) is 8.18. The van der Waals surface area contributed by atoms with Crippen LogP contribution in [0.2, 0.25) is 0 Å². The first-order chi connectivity index (χ1) is 9.29. The summed E-state index contributed by atoms with van der Waals surface area (Å²) in [6.07, 6.45) is 0. The van der Waals surface area contributed by atoms with Gasteiger partial charge in [-0.15, -0.1) is 11.3 Å². The van der Waals surface area contributed by atoms with Crippen LogP contribution in [0.3, 0.4) is 0 Å². The van der Waals surface area contributed by atoms with Crippen molar-refractivity contribution in [2.24, 2.45) is 0 Å². The number of thiophene rings is 1. The third-order valence-electron chi connectivity index (χ3n) is 2.97. The van der Waals surface area contributed by atoms with Crippen LogP contribution in [0.15, 0.2) is 32.9 Å². The first-order valence-corrected chi connectivity index (χ1v) is 9.04. The summed E-state index contributed by atoms with van der Waals surface area (Å²) in [6.45, 7) is 4.02. The molecule has 0 fully saturated rings. The Morgan fingerprint density at radius 3 is 2.50 bits per heavy atom. The molecule has 108 valence electrons. The monoisotopic (exact) mass is 374 g/mol. The number of hydrogen-bond acceptors (Lipinski definition) is 4. The third kappa shape index (κ3) is 3.41. The van der Waals surface area contributed by atoms with E-state index in [-0.39, 0.29) is 17.1 Å². The maximum Gasteiger partial charge on any atom is 0.242 e. The molecular formula is C13H15BrN2O2S2. The van der Waals surface area contributed by atoms with Crippen LogP contribution in [-0.4, -0.2) is 8.42 Å². The molecule has 2 rings (SSSR count). The second kappa shape index (κ2) is 5.85. The second-order valence-electron chi connectivity index (χ2n) is 4.53. The fraction of sp³-hybridized carbons (Fsp3) is 0.231. The highest BCUT2D eigenvalue weighted by atomic mass is 79.9. The van der Waals surface area contributed by atoms with E-state index >= 15 is 0 Å². The van der Waals surface area contributed by atoms with Crippen LogP contribution in [0.1, 0.15) is 16.0 Å². The zero-order valence-electron chi connectivity index (χ0n) is 11.1. The Bertz CT molecular complexity index is 739. The molecule has 1 aromatic carbocycles. The zero-order chi connectivity index (χ0) is 14.9. The Balaban J connectivity index is 2.24. The Labute approximate surface area is 131 Å². The van der Waals surface area contributed by atoms with E-state index in [1.807, 2.05) is 25.3 Å². The van der Waals surface area contributed by atoms with Crippen molar-refractivity contribution in [2.45, 2.75) is 25.3 Å². The number of anilines is 1. The molecule has 0 aliphatic heterocycles. The van der Waals surface area contributed by atoms with Crippen LogP contribution >= 0.6 is 27.3 Å². The molecule has 4 nitrogen and oxygen atoms in total. The Kier molecular flexibility index (Phi) is 4.53. The minimum atomic E-state index is -3.60. The molecule has 0 amide bonds. The number of nitrogens with one attached hydrogen (secondary N) is 1. The van der Waals surface area contributed by atoms with Crippen LogP contribution in [0.4, 0.5) is 5.69 Å². The molecule has 0 atom stereocenters. The number of aryl methyl sites for hydroxylation is 2. The van der Waals surface area contributed by atoms with Gasteiger partial charge in [-0.25, -0.2) is 13.1 Å². The molecule has 0 saturated carbocycles. The highest BCUT2D eigenvalue weighted by molar-refractivity contribution is 9.10. The molecule has 0 saturated heterocycles. The number of rotatable bonds is 4. The molecule has 0 spiro atoms. The first-order valence-electron chi connectivity index (χ1n) is 5.89. The molecule has 0 aliphatic carbocycles. The van der Waals surface area contributed by atoms with Crippen LogP contribution in [0.5, 0.6) is 0 Å². The maximum absolute atomic E-state index is 12.3. The summed E-state index contributed by atoms with van der Waals surface area (Å²) in [5.74, 6) is 0. The van der Waals surface area contributed by atoms with E-state index in [1.54, 1.807) is 12.1 Å². The van der Waals surface area contributed by atoms with Gasteiger partial charge in [-0.2, -0.15) is 0 Å². The van der Waals surface area contributed by atoms with Gasteiger partial charge in [-0.1, -0.05) is 0 Å². The number of hydrogen-bond donors (Lipinski definition) is 2. The quantitative estimate of drug-likeness (QED) is 0.807. The summed E-state index contributed by atoms with van der Waals surface area (Å²) >= 11 is 4.83. The number of halogens is 1. The average molecular weight is 375 g/mol. The molecule has 2 aromatic rings. The van der Waals surface area contributed by atoms with Crippen LogP contribution in [0, 0.1) is 13.8 Å². The third-order valence-corrected chi connectivity index (χ3v) is 6.13. The molecule has 1 aromatic heterocycles. The molecular weight excluding hydrogens is 360 g/mol. The Morgan fingerprint density at radius 2 is 1.90 bits per heavy atom. The van der Waals surface area contributed by atoms with E-state index in [2.05, 4.69) is 20.7 Å². The molecule has 0 radical (unpaired) electrons. The lowest BCUT2D eigenvalue weighted by Gasteiger charge is -2.11. The summed E-state index contributed by atoms with van der Waals surface area (Å²) in [4.78, 5) is 1.07. The predicted octanol–water partition coefficient (Wildman–Crippen LogP) is 3.19. The van der Waals surface area contributed by atoms with E-state index in [4.69, 9.17) is 5.73 Å². The minimum Gasteiger partial charge on any atom is -0.398 e. The molecule has 0 bridgehead atoms. The molecule has 0 aliphatic rings. The van der Waals surface area contributed by atoms with Crippen molar-refractivity contribution < 1.29 is 8.42 Å². The number of nitrogens with two attached hydrogens (primary N) is 1. The van der Waals surface area contributed by atoms with Crippen molar-refractivity contribution in [1.82, 2.24) is 4.72 Å². The van der Waals surface area contributed by atoms with E-state index in [0.29, 0.717) is 0 Å². The lowest BCUT2D eigenvalue weighted by molar-refractivity contribution is 0.582. The molecule has 3 N–H and O–H groups in total. The maximum atomic E-state index is 12.3. The largest absolute Gasteiger partial charge is 0.398 e. The van der Waals surface area contributed by atoms with E-state index in [9.17, 15) is 8.42 Å². The standard InChI is InChI=1S/C13H15BrN2O2S2/c1-8-3-12(15)13(4-9(8)2)20(17,18)16-6-11-5-10(14)7-19-11/h3-5,7,16H,6,15H2,1-2H3. The van der Waals surface area contributed by atoms with Crippen molar-refractivity contribution in [2.75, 3.05) is 5.73 Å². The average Bonchev–Trinajstić information content (AvgIpc) is 2.77. The van der Waals surface area contributed by atoms with Crippen molar-refractivity contribution >= 4 is 43.0 Å². The van der Waals surface area contributed by atoms with Crippen molar-refractivity contribution in [3.63, 3.8) is 0 Å². The Hall–Kier alpha value is -0.890. The van der Waals surface area contributed by atoms with Gasteiger partial charge in [0.1, 0.15) is 4.90 Å². The summed E-state index contributed by atoms with van der Waals surface area (Å²) in [5.41, 5.74) is 7.97. The molecule has 1 heterocycles. The van der Waals surface area contributed by atoms with E-state index in [1.165, 1.54) is 11.3 Å². The Morgan fingerprint density at radius 1 is 1.25 bits per heavy atom. The lowest BCUT2D eigenvalue weighted by Crippen LogP contribution is -2.24. The summed E-state index contributed by atoms with van der Waals surface area (Å²) in [5, 5.41) is 1.91. The topological polar surface area (TPSA) is 72.2 Å². The van der Waals surface area contributed by atoms with Gasteiger partial charge in [-0.3, -0.25) is 0 Å².